The van der Waals surface area contributed by atoms with Crippen molar-refractivity contribution in [3.63, 3.8) is 0 Å². The van der Waals surface area contributed by atoms with E-state index in [4.69, 9.17) is 5.11 Å². The number of hydrogen-bond donors (Lipinski definition) is 1. The van der Waals surface area contributed by atoms with Crippen LogP contribution in [0.25, 0.3) is 0 Å². The van der Waals surface area contributed by atoms with E-state index in [1.807, 2.05) is 0 Å². The summed E-state index contributed by atoms with van der Waals surface area (Å²) in [5.41, 5.74) is 0.436. The van der Waals surface area contributed by atoms with E-state index in [1.165, 1.54) is 24.3 Å². The molecule has 0 fully saturated rings. The van der Waals surface area contributed by atoms with Crippen molar-refractivity contribution < 1.29 is 19.1 Å². The van der Waals surface area contributed by atoms with E-state index in [9.17, 15) is 14.0 Å². The Morgan fingerprint density at radius 1 is 1.43 bits per heavy atom. The van der Waals surface area contributed by atoms with Gasteiger partial charge >= 0.3 is 5.97 Å². The zero-order valence-electron chi connectivity index (χ0n) is 7.31. The van der Waals surface area contributed by atoms with Gasteiger partial charge in [0.15, 0.2) is 0 Å². The first-order valence-electron chi connectivity index (χ1n) is 4.07. The van der Waals surface area contributed by atoms with E-state index < -0.39 is 17.7 Å². The number of carboxylic acids is 1. The number of benzene rings is 1. The number of aldehydes is 1. The van der Waals surface area contributed by atoms with Gasteiger partial charge in [0.2, 0.25) is 0 Å². The van der Waals surface area contributed by atoms with E-state index in [-0.39, 0.29) is 6.42 Å². The number of rotatable bonds is 4. The van der Waals surface area contributed by atoms with E-state index in [0.29, 0.717) is 11.8 Å². The molecular weight excluding hydrogens is 187 g/mol. The lowest BCUT2D eigenvalue weighted by Gasteiger charge is -2.08. The van der Waals surface area contributed by atoms with Crippen molar-refractivity contribution in [1.29, 1.82) is 0 Å². The van der Waals surface area contributed by atoms with Crippen molar-refractivity contribution in [3.05, 3.63) is 35.6 Å². The van der Waals surface area contributed by atoms with Crippen molar-refractivity contribution in [3.8, 4) is 0 Å². The van der Waals surface area contributed by atoms with E-state index >= 15 is 0 Å². The first-order valence-corrected chi connectivity index (χ1v) is 4.07. The summed E-state index contributed by atoms with van der Waals surface area (Å²) in [6.07, 6.45) is 0.448. The average Bonchev–Trinajstić information content (AvgIpc) is 2.15. The first kappa shape index (κ1) is 10.4. The molecule has 1 rings (SSSR count). The fourth-order valence-electron chi connectivity index (χ4n) is 1.17. The van der Waals surface area contributed by atoms with Crippen molar-refractivity contribution in [1.82, 2.24) is 0 Å². The lowest BCUT2D eigenvalue weighted by molar-refractivity contribution is -0.139. The van der Waals surface area contributed by atoms with Crippen LogP contribution in [0.5, 0.6) is 0 Å². The third-order valence-electron chi connectivity index (χ3n) is 1.90. The van der Waals surface area contributed by atoms with Crippen LogP contribution >= 0.6 is 0 Å². The van der Waals surface area contributed by atoms with Gasteiger partial charge < -0.3 is 9.90 Å². The summed E-state index contributed by atoms with van der Waals surface area (Å²) >= 11 is 0. The zero-order chi connectivity index (χ0) is 10.6. The number of halogens is 1. The second kappa shape index (κ2) is 4.50. The largest absolute Gasteiger partial charge is 0.481 e. The molecule has 0 saturated carbocycles. The Hall–Kier alpha value is -1.71. The molecule has 74 valence electrons. The van der Waals surface area contributed by atoms with Gasteiger partial charge in [0.1, 0.15) is 12.1 Å². The molecule has 14 heavy (non-hydrogen) atoms. The van der Waals surface area contributed by atoms with Crippen LogP contribution in [0.1, 0.15) is 17.9 Å². The Kier molecular flexibility index (Phi) is 3.34. The maximum absolute atomic E-state index is 12.5. The van der Waals surface area contributed by atoms with E-state index in [0.717, 1.165) is 0 Å². The molecule has 0 radical (unpaired) electrons. The molecule has 1 unspecified atom stereocenters. The molecule has 3 nitrogen and oxygen atoms in total. The van der Waals surface area contributed by atoms with E-state index in [1.54, 1.807) is 0 Å². The molecule has 1 aromatic carbocycles. The third-order valence-corrected chi connectivity index (χ3v) is 1.90. The fraction of sp³-hybridized carbons (Fsp3) is 0.200. The molecule has 0 amide bonds. The van der Waals surface area contributed by atoms with Gasteiger partial charge in [-0.1, -0.05) is 12.1 Å². The number of hydrogen-bond acceptors (Lipinski definition) is 2. The summed E-state index contributed by atoms with van der Waals surface area (Å²) in [6.45, 7) is 0. The van der Waals surface area contributed by atoms with Gasteiger partial charge in [-0.25, -0.2) is 4.39 Å². The van der Waals surface area contributed by atoms with Crippen LogP contribution < -0.4 is 0 Å². The van der Waals surface area contributed by atoms with Crippen LogP contribution in [0.3, 0.4) is 0 Å². The van der Waals surface area contributed by atoms with Crippen LogP contribution in [0.15, 0.2) is 24.3 Å². The maximum atomic E-state index is 12.5. The number of aliphatic carboxylic acids is 1. The van der Waals surface area contributed by atoms with Crippen molar-refractivity contribution >= 4 is 12.3 Å². The Balaban J connectivity index is 2.93. The molecule has 0 bridgehead atoms. The molecule has 1 aromatic rings. The van der Waals surface area contributed by atoms with Crippen molar-refractivity contribution in [2.75, 3.05) is 0 Å². The smallest absolute Gasteiger partial charge is 0.311 e. The highest BCUT2D eigenvalue weighted by molar-refractivity contribution is 5.79. The average molecular weight is 196 g/mol. The highest BCUT2D eigenvalue weighted by Crippen LogP contribution is 2.19. The molecule has 0 heterocycles. The topological polar surface area (TPSA) is 54.4 Å². The summed E-state index contributed by atoms with van der Waals surface area (Å²) < 4.78 is 12.5. The molecule has 0 spiro atoms. The molecule has 0 aliphatic heterocycles. The van der Waals surface area contributed by atoms with Crippen molar-refractivity contribution in [2.45, 2.75) is 12.3 Å². The van der Waals surface area contributed by atoms with Gasteiger partial charge in [-0.15, -0.1) is 0 Å². The Morgan fingerprint density at radius 2 is 2.00 bits per heavy atom. The van der Waals surface area contributed by atoms with Gasteiger partial charge in [0.25, 0.3) is 0 Å². The highest BCUT2D eigenvalue weighted by atomic mass is 19.1. The van der Waals surface area contributed by atoms with Crippen LogP contribution in [0.2, 0.25) is 0 Å². The molecule has 1 N–H and O–H groups in total. The maximum Gasteiger partial charge on any atom is 0.311 e. The molecular formula is C10H9FO3. The molecule has 0 aliphatic rings. The standard InChI is InChI=1S/C10H9FO3/c11-8-3-1-7(2-4-8)9(5-6-12)10(13)14/h1-4,6,9H,5H2,(H,13,14). The van der Waals surface area contributed by atoms with Crippen LogP contribution in [-0.4, -0.2) is 17.4 Å². The normalized spacial score (nSPS) is 12.1. The molecule has 0 aliphatic carbocycles. The second-order valence-electron chi connectivity index (χ2n) is 2.84. The predicted molar refractivity (Wildman–Crippen MR) is 47.5 cm³/mol. The SMILES string of the molecule is O=CCC(C(=O)O)c1ccc(F)cc1. The van der Waals surface area contributed by atoms with E-state index in [2.05, 4.69) is 0 Å². The quantitative estimate of drug-likeness (QED) is 0.744. The number of carbonyl (C=O) groups excluding carboxylic acids is 1. The lowest BCUT2D eigenvalue weighted by Crippen LogP contribution is -2.12. The number of carbonyl (C=O) groups is 2. The third kappa shape index (κ3) is 2.39. The van der Waals surface area contributed by atoms with Gasteiger partial charge in [-0.3, -0.25) is 4.79 Å². The minimum atomic E-state index is -1.08. The minimum Gasteiger partial charge on any atom is -0.481 e. The number of carboxylic acid groups (broad SMARTS) is 1. The Morgan fingerprint density at radius 3 is 2.43 bits per heavy atom. The molecule has 0 saturated heterocycles. The summed E-state index contributed by atoms with van der Waals surface area (Å²) in [4.78, 5) is 20.9. The Bertz CT molecular complexity index is 332. The van der Waals surface area contributed by atoms with Crippen LogP contribution in [-0.2, 0) is 9.59 Å². The zero-order valence-corrected chi connectivity index (χ0v) is 7.31. The summed E-state index contributed by atoms with van der Waals surface area (Å²) in [5, 5.41) is 8.77. The van der Waals surface area contributed by atoms with Gasteiger partial charge in [-0.2, -0.15) is 0 Å². The van der Waals surface area contributed by atoms with Crippen LogP contribution in [0.4, 0.5) is 4.39 Å². The van der Waals surface area contributed by atoms with Gasteiger partial charge in [-0.05, 0) is 17.7 Å². The Labute approximate surface area is 80.2 Å². The van der Waals surface area contributed by atoms with Crippen molar-refractivity contribution in [2.24, 2.45) is 0 Å². The molecule has 4 heteroatoms. The van der Waals surface area contributed by atoms with Gasteiger partial charge in [0.05, 0.1) is 5.92 Å². The molecule has 0 aromatic heterocycles. The fourth-order valence-corrected chi connectivity index (χ4v) is 1.17. The summed E-state index contributed by atoms with van der Waals surface area (Å²) in [6, 6.07) is 5.10. The monoisotopic (exact) mass is 196 g/mol. The van der Waals surface area contributed by atoms with Gasteiger partial charge in [0, 0.05) is 6.42 Å². The summed E-state index contributed by atoms with van der Waals surface area (Å²) in [7, 11) is 0. The predicted octanol–water partition coefficient (Wildman–Crippen LogP) is 1.58. The highest BCUT2D eigenvalue weighted by Gasteiger charge is 2.18. The molecule has 1 atom stereocenters. The summed E-state index contributed by atoms with van der Waals surface area (Å²) in [5.74, 6) is -2.39. The minimum absolute atomic E-state index is 0.0963. The van der Waals surface area contributed by atoms with Crippen LogP contribution in [0, 0.1) is 5.82 Å². The second-order valence-corrected chi connectivity index (χ2v) is 2.84. The first-order chi connectivity index (χ1) is 6.65. The lowest BCUT2D eigenvalue weighted by atomic mass is 9.97.